The highest BCUT2D eigenvalue weighted by Gasteiger charge is 2.43. The number of alkyl halides is 3. The number of hydrogen-bond acceptors (Lipinski definition) is 5. The molecule has 0 spiro atoms. The van der Waals surface area contributed by atoms with Gasteiger partial charge in [0.2, 0.25) is 5.88 Å². The van der Waals surface area contributed by atoms with Crippen LogP contribution < -0.4 is 4.74 Å². The smallest absolute Gasteiger partial charge is 0.401 e. The molecule has 0 N–H and O–H groups in total. The number of ether oxygens (including phenoxy) is 1. The van der Waals surface area contributed by atoms with Crippen LogP contribution in [-0.2, 0) is 9.84 Å². The van der Waals surface area contributed by atoms with E-state index >= 15 is 0 Å². The van der Waals surface area contributed by atoms with Gasteiger partial charge in [0, 0.05) is 18.5 Å². The Hall–Kier alpha value is -1.35. The molecular weight excluding hydrogens is 381 g/mol. The first-order chi connectivity index (χ1) is 12.6. The van der Waals surface area contributed by atoms with E-state index in [1.54, 1.807) is 6.07 Å². The van der Waals surface area contributed by atoms with Gasteiger partial charge in [-0.25, -0.2) is 13.4 Å². The van der Waals surface area contributed by atoms with Crippen molar-refractivity contribution in [3.05, 3.63) is 18.3 Å². The summed E-state index contributed by atoms with van der Waals surface area (Å²) >= 11 is 0. The maximum Gasteiger partial charge on any atom is 0.401 e. The summed E-state index contributed by atoms with van der Waals surface area (Å²) in [5.41, 5.74) is 0. The third kappa shape index (κ3) is 6.07. The largest absolute Gasteiger partial charge is 0.478 e. The van der Waals surface area contributed by atoms with E-state index in [4.69, 9.17) is 4.74 Å². The van der Waals surface area contributed by atoms with Gasteiger partial charge in [-0.1, -0.05) is 0 Å². The zero-order valence-corrected chi connectivity index (χ0v) is 16.1. The van der Waals surface area contributed by atoms with E-state index in [0.29, 0.717) is 43.3 Å². The average molecular weight is 406 g/mol. The molecule has 0 amide bonds. The van der Waals surface area contributed by atoms with Crippen molar-refractivity contribution in [2.45, 2.75) is 36.8 Å². The first kappa shape index (κ1) is 20.4. The third-order valence-electron chi connectivity index (χ3n) is 5.49. The third-order valence-corrected chi connectivity index (χ3v) is 6.59. The summed E-state index contributed by atoms with van der Waals surface area (Å²) in [6.45, 7) is 0.771. The summed E-state index contributed by atoms with van der Waals surface area (Å²) in [5, 5.41) is 0. The summed E-state index contributed by atoms with van der Waals surface area (Å²) in [7, 11) is -3.26. The molecule has 5 nitrogen and oxygen atoms in total. The van der Waals surface area contributed by atoms with Gasteiger partial charge in [-0.3, -0.25) is 4.90 Å². The predicted octanol–water partition coefficient (Wildman–Crippen LogP) is 3.16. The minimum absolute atomic E-state index is 0.161. The van der Waals surface area contributed by atoms with Crippen LogP contribution in [0.1, 0.15) is 25.7 Å². The van der Waals surface area contributed by atoms with Crippen LogP contribution in [0.3, 0.4) is 0 Å². The molecule has 1 saturated heterocycles. The van der Waals surface area contributed by atoms with Crippen molar-refractivity contribution in [3.63, 3.8) is 0 Å². The Morgan fingerprint density at radius 2 is 1.96 bits per heavy atom. The number of piperidine rings is 1. The Morgan fingerprint density at radius 3 is 2.52 bits per heavy atom. The highest BCUT2D eigenvalue weighted by Crippen LogP contribution is 2.49. The average Bonchev–Trinajstić information content (AvgIpc) is 3.33. The summed E-state index contributed by atoms with van der Waals surface area (Å²) in [6.07, 6.45) is 2.00. The van der Waals surface area contributed by atoms with Crippen molar-refractivity contribution >= 4 is 9.84 Å². The molecule has 152 valence electrons. The van der Waals surface area contributed by atoms with Crippen LogP contribution in [0.5, 0.6) is 5.88 Å². The molecule has 3 rings (SSSR count). The maximum absolute atomic E-state index is 12.4. The quantitative estimate of drug-likeness (QED) is 0.696. The molecule has 0 unspecified atom stereocenters. The van der Waals surface area contributed by atoms with E-state index in [9.17, 15) is 21.6 Å². The van der Waals surface area contributed by atoms with Gasteiger partial charge in [0.05, 0.1) is 18.0 Å². The fraction of sp³-hybridized carbons (Fsp3) is 0.722. The second-order valence-electron chi connectivity index (χ2n) is 7.63. The van der Waals surface area contributed by atoms with Crippen LogP contribution in [0.15, 0.2) is 23.2 Å². The number of aromatic nitrogens is 1. The van der Waals surface area contributed by atoms with Gasteiger partial charge in [-0.2, -0.15) is 13.2 Å². The zero-order chi connectivity index (χ0) is 19.7. The van der Waals surface area contributed by atoms with Gasteiger partial charge < -0.3 is 4.74 Å². The van der Waals surface area contributed by atoms with E-state index in [2.05, 4.69) is 4.98 Å². The minimum Gasteiger partial charge on any atom is -0.478 e. The van der Waals surface area contributed by atoms with Gasteiger partial charge in [0.25, 0.3) is 0 Å². The molecule has 9 heteroatoms. The molecule has 1 aromatic rings. The number of likely N-dealkylation sites (tertiary alicyclic amines) is 1. The van der Waals surface area contributed by atoms with Gasteiger partial charge in [-0.05, 0) is 62.6 Å². The zero-order valence-electron chi connectivity index (χ0n) is 15.3. The highest BCUT2D eigenvalue weighted by atomic mass is 32.2. The SMILES string of the molecule is CS(=O)(=O)c1ccc(OCC[C@@H]2C[C@@H]2C2CCN(CC(F)(F)F)CC2)nc1. The number of rotatable bonds is 7. The lowest BCUT2D eigenvalue weighted by molar-refractivity contribution is -0.148. The van der Waals surface area contributed by atoms with Crippen LogP contribution in [0.4, 0.5) is 13.2 Å². The molecule has 2 fully saturated rings. The van der Waals surface area contributed by atoms with E-state index < -0.39 is 22.6 Å². The topological polar surface area (TPSA) is 59.5 Å². The van der Waals surface area contributed by atoms with E-state index in [-0.39, 0.29) is 4.90 Å². The lowest BCUT2D eigenvalue weighted by Gasteiger charge is -2.32. The monoisotopic (exact) mass is 406 g/mol. The number of halogens is 3. The Labute approximate surface area is 157 Å². The number of hydrogen-bond donors (Lipinski definition) is 0. The molecule has 1 saturated carbocycles. The molecular formula is C18H25F3N2O3S. The Morgan fingerprint density at radius 1 is 1.26 bits per heavy atom. The molecule has 1 aliphatic carbocycles. The molecule has 0 radical (unpaired) electrons. The molecule has 0 bridgehead atoms. The van der Waals surface area contributed by atoms with Crippen LogP contribution in [0, 0.1) is 17.8 Å². The first-order valence-corrected chi connectivity index (χ1v) is 11.1. The summed E-state index contributed by atoms with van der Waals surface area (Å²) in [5.74, 6) is 2.09. The predicted molar refractivity (Wildman–Crippen MR) is 94.3 cm³/mol. The van der Waals surface area contributed by atoms with Crippen molar-refractivity contribution in [3.8, 4) is 5.88 Å². The van der Waals surface area contributed by atoms with Crippen molar-refractivity contribution in [1.29, 1.82) is 0 Å². The Balaban J connectivity index is 1.35. The normalized spacial score (nSPS) is 24.7. The lowest BCUT2D eigenvalue weighted by Crippen LogP contribution is -2.40. The van der Waals surface area contributed by atoms with E-state index in [1.165, 1.54) is 17.2 Å². The fourth-order valence-electron chi connectivity index (χ4n) is 3.96. The summed E-state index contributed by atoms with van der Waals surface area (Å²) in [6, 6.07) is 3.03. The fourth-order valence-corrected chi connectivity index (χ4v) is 4.52. The highest BCUT2D eigenvalue weighted by molar-refractivity contribution is 7.90. The summed E-state index contributed by atoms with van der Waals surface area (Å²) in [4.78, 5) is 5.67. The molecule has 2 atom stereocenters. The molecule has 2 aliphatic rings. The van der Waals surface area contributed by atoms with Crippen LogP contribution >= 0.6 is 0 Å². The molecule has 2 heterocycles. The Bertz CT molecular complexity index is 729. The van der Waals surface area contributed by atoms with Crippen LogP contribution in [0.2, 0.25) is 0 Å². The van der Waals surface area contributed by atoms with Crippen molar-refractivity contribution in [1.82, 2.24) is 9.88 Å². The molecule has 1 aromatic heterocycles. The Kier molecular flexibility index (Phi) is 6.00. The minimum atomic E-state index is -4.11. The molecule has 27 heavy (non-hydrogen) atoms. The molecule has 0 aromatic carbocycles. The van der Waals surface area contributed by atoms with Crippen molar-refractivity contribution in [2.75, 3.05) is 32.5 Å². The standard InChI is InChI=1S/C18H25F3N2O3S/c1-27(24,25)15-2-3-17(22-11-15)26-9-6-14-10-16(14)13-4-7-23(8-5-13)12-18(19,20)21/h2-3,11,13-14,16H,4-10,12H2,1H3/t14-,16-/m1/s1. The van der Waals surface area contributed by atoms with E-state index in [1.807, 2.05) is 0 Å². The second kappa shape index (κ2) is 7.95. The van der Waals surface area contributed by atoms with Gasteiger partial charge in [0.1, 0.15) is 0 Å². The van der Waals surface area contributed by atoms with Gasteiger partial charge in [-0.15, -0.1) is 0 Å². The maximum atomic E-state index is 12.4. The number of nitrogens with zero attached hydrogens (tertiary/aromatic N) is 2. The van der Waals surface area contributed by atoms with Crippen LogP contribution in [0.25, 0.3) is 0 Å². The van der Waals surface area contributed by atoms with E-state index in [0.717, 1.165) is 31.9 Å². The first-order valence-electron chi connectivity index (χ1n) is 9.20. The van der Waals surface area contributed by atoms with Crippen molar-refractivity contribution < 1.29 is 26.3 Å². The number of pyridine rings is 1. The lowest BCUT2D eigenvalue weighted by atomic mass is 9.90. The summed E-state index contributed by atoms with van der Waals surface area (Å²) < 4.78 is 65.7. The van der Waals surface area contributed by atoms with Crippen LogP contribution in [-0.4, -0.2) is 57.0 Å². The van der Waals surface area contributed by atoms with Gasteiger partial charge >= 0.3 is 6.18 Å². The van der Waals surface area contributed by atoms with Crippen molar-refractivity contribution in [2.24, 2.45) is 17.8 Å². The van der Waals surface area contributed by atoms with Gasteiger partial charge in [0.15, 0.2) is 9.84 Å². The second-order valence-corrected chi connectivity index (χ2v) is 9.65. The number of sulfone groups is 1. The molecule has 1 aliphatic heterocycles.